The van der Waals surface area contributed by atoms with Crippen LogP contribution in [-0.2, 0) is 11.8 Å². The van der Waals surface area contributed by atoms with Crippen LogP contribution in [0.25, 0.3) is 0 Å². The zero-order chi connectivity index (χ0) is 15.7. The van der Waals surface area contributed by atoms with Crippen molar-refractivity contribution in [3.8, 4) is 0 Å². The third kappa shape index (κ3) is 3.01. The molecule has 0 saturated carbocycles. The molecule has 0 amide bonds. The molecule has 0 fully saturated rings. The van der Waals surface area contributed by atoms with E-state index in [1.807, 2.05) is 0 Å². The summed E-state index contributed by atoms with van der Waals surface area (Å²) in [6.07, 6.45) is 3.00. The van der Waals surface area contributed by atoms with E-state index in [1.54, 1.807) is 0 Å². The molecule has 2 heteroatoms. The van der Waals surface area contributed by atoms with Gasteiger partial charge in [0.2, 0.25) is 0 Å². The predicted molar refractivity (Wildman–Crippen MR) is 93.3 cm³/mol. The number of aromatic nitrogens is 1. The third-order valence-corrected chi connectivity index (χ3v) is 4.25. The number of hydrogen-bond donors (Lipinski definition) is 0. The minimum Gasteiger partial charge on any atom is -0.369 e. The first-order valence-electron chi connectivity index (χ1n) is 8.03. The van der Waals surface area contributed by atoms with E-state index in [-0.39, 0.29) is 5.41 Å². The van der Waals surface area contributed by atoms with Crippen molar-refractivity contribution in [1.29, 1.82) is 0 Å². The van der Waals surface area contributed by atoms with Crippen LogP contribution in [0.1, 0.15) is 44.5 Å². The lowest BCUT2D eigenvalue weighted by atomic mass is 9.91. The summed E-state index contributed by atoms with van der Waals surface area (Å²) in [7, 11) is 0. The molecule has 0 bridgehead atoms. The summed E-state index contributed by atoms with van der Waals surface area (Å²) < 4.78 is 0. The fourth-order valence-corrected chi connectivity index (χ4v) is 3.35. The summed E-state index contributed by atoms with van der Waals surface area (Å²) in [5.74, 6) is 1.44. The maximum Gasteiger partial charge on any atom is 0.0710 e. The molecular weight excluding hydrogens is 268 g/mol. The first kappa shape index (κ1) is 15.1. The summed E-state index contributed by atoms with van der Waals surface area (Å²) in [4.78, 5) is 7.29. The second-order valence-electron chi connectivity index (χ2n) is 7.32. The predicted octanol–water partition coefficient (Wildman–Crippen LogP) is 4.38. The fourth-order valence-electron chi connectivity index (χ4n) is 3.35. The van der Waals surface area contributed by atoms with Gasteiger partial charge < -0.3 is 4.90 Å². The Hall–Kier alpha value is -1.83. The van der Waals surface area contributed by atoms with Gasteiger partial charge in [-0.3, -0.25) is 4.98 Å². The smallest absolute Gasteiger partial charge is 0.0710 e. The first-order valence-corrected chi connectivity index (χ1v) is 8.03. The maximum absolute atomic E-state index is 4.81. The lowest BCUT2D eigenvalue weighted by Crippen LogP contribution is -2.30. The monoisotopic (exact) mass is 293 g/mol. The summed E-state index contributed by atoms with van der Waals surface area (Å²) >= 11 is 0. The molecule has 1 aromatic heterocycles. The van der Waals surface area contributed by atoms with Gasteiger partial charge in [0.05, 0.1) is 11.4 Å². The Morgan fingerprint density at radius 1 is 1.14 bits per heavy atom. The van der Waals surface area contributed by atoms with Gasteiger partial charge in [-0.15, -0.1) is 0 Å². The minimum atomic E-state index is 0.135. The standard InChI is InChI=1S/C20H25N2/c1-15(2)13-22-14-20(3,4)19-18(22)11-17(12-21-19)10-16-8-6-5-7-9-16/h5-9,11-12H,10,13-14H2,1-4H3. The molecule has 2 heterocycles. The molecular formula is C20H25N2. The number of nitrogens with zero attached hydrogens (tertiary/aromatic N) is 2. The van der Waals surface area contributed by atoms with Crippen molar-refractivity contribution in [2.45, 2.75) is 39.5 Å². The van der Waals surface area contributed by atoms with E-state index >= 15 is 0 Å². The van der Waals surface area contributed by atoms with Crippen LogP contribution < -0.4 is 4.90 Å². The van der Waals surface area contributed by atoms with Gasteiger partial charge in [-0.25, -0.2) is 0 Å². The molecule has 0 saturated heterocycles. The average molecular weight is 293 g/mol. The quantitative estimate of drug-likeness (QED) is 0.831. The number of rotatable bonds is 4. The van der Waals surface area contributed by atoms with Crippen LogP contribution in [0.15, 0.2) is 42.6 Å². The van der Waals surface area contributed by atoms with Crippen molar-refractivity contribution < 1.29 is 0 Å². The molecule has 1 radical (unpaired) electrons. The molecule has 22 heavy (non-hydrogen) atoms. The van der Waals surface area contributed by atoms with Gasteiger partial charge in [0, 0.05) is 24.7 Å². The molecule has 1 aliphatic rings. The highest BCUT2D eigenvalue weighted by Crippen LogP contribution is 2.39. The van der Waals surface area contributed by atoms with Crippen molar-refractivity contribution in [3.63, 3.8) is 0 Å². The molecule has 0 aliphatic carbocycles. The highest BCUT2D eigenvalue weighted by Gasteiger charge is 2.36. The molecule has 0 spiro atoms. The molecule has 3 rings (SSSR count). The van der Waals surface area contributed by atoms with Crippen LogP contribution >= 0.6 is 0 Å². The lowest BCUT2D eigenvalue weighted by molar-refractivity contribution is 0.539. The Morgan fingerprint density at radius 2 is 1.86 bits per heavy atom. The number of anilines is 1. The minimum absolute atomic E-state index is 0.135. The van der Waals surface area contributed by atoms with Gasteiger partial charge in [-0.2, -0.15) is 0 Å². The van der Waals surface area contributed by atoms with E-state index < -0.39 is 0 Å². The zero-order valence-corrected chi connectivity index (χ0v) is 14.1. The normalized spacial score (nSPS) is 16.1. The molecule has 0 atom stereocenters. The number of pyridine rings is 1. The van der Waals surface area contributed by atoms with Gasteiger partial charge >= 0.3 is 0 Å². The van der Waals surface area contributed by atoms with Crippen LogP contribution in [0.3, 0.4) is 0 Å². The Balaban J connectivity index is 1.91. The van der Waals surface area contributed by atoms with E-state index in [9.17, 15) is 0 Å². The van der Waals surface area contributed by atoms with Gasteiger partial charge in [0.15, 0.2) is 0 Å². The molecule has 1 aliphatic heterocycles. The van der Waals surface area contributed by atoms with Crippen LogP contribution in [0.2, 0.25) is 0 Å². The Kier molecular flexibility index (Phi) is 3.94. The molecule has 1 aromatic carbocycles. The largest absolute Gasteiger partial charge is 0.369 e. The third-order valence-electron chi connectivity index (χ3n) is 4.25. The summed E-state index contributed by atoms with van der Waals surface area (Å²) in [6.45, 7) is 11.1. The average Bonchev–Trinajstić information content (AvgIpc) is 2.70. The summed E-state index contributed by atoms with van der Waals surface area (Å²) in [5, 5.41) is 0. The molecule has 0 N–H and O–H groups in total. The number of benzene rings is 1. The van der Waals surface area contributed by atoms with Crippen molar-refractivity contribution in [3.05, 3.63) is 65.3 Å². The highest BCUT2D eigenvalue weighted by atomic mass is 15.2. The molecule has 0 unspecified atom stereocenters. The van der Waals surface area contributed by atoms with Crippen LogP contribution in [-0.4, -0.2) is 18.1 Å². The van der Waals surface area contributed by atoms with E-state index in [1.165, 1.54) is 28.4 Å². The summed E-state index contributed by atoms with van der Waals surface area (Å²) in [6, 6.07) is 13.0. The van der Waals surface area contributed by atoms with E-state index in [0.717, 1.165) is 19.5 Å². The van der Waals surface area contributed by atoms with E-state index in [4.69, 9.17) is 4.98 Å². The summed E-state index contributed by atoms with van der Waals surface area (Å²) in [5.41, 5.74) is 5.33. The van der Waals surface area contributed by atoms with Gasteiger partial charge in [0.1, 0.15) is 0 Å². The van der Waals surface area contributed by atoms with Crippen molar-refractivity contribution >= 4 is 5.69 Å². The molecule has 2 nitrogen and oxygen atoms in total. The lowest BCUT2D eigenvalue weighted by Gasteiger charge is -2.23. The topological polar surface area (TPSA) is 16.1 Å². The van der Waals surface area contributed by atoms with Gasteiger partial charge in [0.25, 0.3) is 0 Å². The Bertz CT molecular complexity index is 644. The van der Waals surface area contributed by atoms with Crippen molar-refractivity contribution in [2.75, 3.05) is 18.0 Å². The van der Waals surface area contributed by atoms with Crippen molar-refractivity contribution in [1.82, 2.24) is 4.98 Å². The van der Waals surface area contributed by atoms with Gasteiger partial charge in [-0.1, -0.05) is 58.0 Å². The maximum atomic E-state index is 4.81. The number of fused-ring (bicyclic) bond motifs is 1. The SMILES string of the molecule is C[C](C)CN1CC(C)(C)c2ncc(Cc3ccccc3)cc21. The van der Waals surface area contributed by atoms with Crippen LogP contribution in [0.5, 0.6) is 0 Å². The van der Waals surface area contributed by atoms with Crippen LogP contribution in [0, 0.1) is 5.92 Å². The molecule has 2 aromatic rings. The second kappa shape index (κ2) is 5.75. The van der Waals surface area contributed by atoms with E-state index in [0.29, 0.717) is 0 Å². The van der Waals surface area contributed by atoms with Gasteiger partial charge in [-0.05, 0) is 29.5 Å². The fraction of sp³-hybridized carbons (Fsp3) is 0.400. The van der Waals surface area contributed by atoms with Crippen LogP contribution in [0.4, 0.5) is 5.69 Å². The Morgan fingerprint density at radius 3 is 2.55 bits per heavy atom. The van der Waals surface area contributed by atoms with Crippen molar-refractivity contribution in [2.24, 2.45) is 0 Å². The Labute approximate surface area is 134 Å². The first-order chi connectivity index (χ1) is 10.5. The zero-order valence-electron chi connectivity index (χ0n) is 14.1. The van der Waals surface area contributed by atoms with E-state index in [2.05, 4.69) is 75.2 Å². The number of hydrogen-bond acceptors (Lipinski definition) is 2. The highest BCUT2D eigenvalue weighted by molar-refractivity contribution is 5.61. The molecule has 115 valence electrons. The second-order valence-corrected chi connectivity index (χ2v) is 7.32.